The summed E-state index contributed by atoms with van der Waals surface area (Å²) < 4.78 is 34.0. The maximum Gasteiger partial charge on any atom is 0.472 e. The minimum Gasteiger partial charge on any atom is -0.462 e. The Morgan fingerprint density at radius 1 is 0.587 bits per heavy atom. The SMILES string of the molecule is CCCCCCCCCCCCCCCCCC(=O)OCC(COP(=O)(O)OCC[N+](C)(C)C)OC(=O)CCCCCCCCC. The van der Waals surface area contributed by atoms with Crippen LogP contribution in [0.25, 0.3) is 0 Å². The molecule has 2 atom stereocenters. The van der Waals surface area contributed by atoms with Crippen molar-refractivity contribution < 1.29 is 42.1 Å². The summed E-state index contributed by atoms with van der Waals surface area (Å²) in [5.41, 5.74) is 0. The Kier molecular flexibility index (Phi) is 29.4. The monoisotopic (exact) mass is 679 g/mol. The van der Waals surface area contributed by atoms with E-state index in [4.69, 9.17) is 18.5 Å². The van der Waals surface area contributed by atoms with Crippen LogP contribution < -0.4 is 0 Å². The van der Waals surface area contributed by atoms with Gasteiger partial charge in [-0.05, 0) is 12.8 Å². The van der Waals surface area contributed by atoms with Gasteiger partial charge in [-0.1, -0.05) is 142 Å². The fourth-order valence-electron chi connectivity index (χ4n) is 5.13. The van der Waals surface area contributed by atoms with E-state index in [-0.39, 0.29) is 25.6 Å². The topological polar surface area (TPSA) is 108 Å². The number of phosphoric ester groups is 1. The molecule has 46 heavy (non-hydrogen) atoms. The fraction of sp³-hybridized carbons (Fsp3) is 0.944. The fourth-order valence-corrected chi connectivity index (χ4v) is 5.87. The highest BCUT2D eigenvalue weighted by Crippen LogP contribution is 2.43. The Bertz CT molecular complexity index is 774. The second kappa shape index (κ2) is 30.1. The smallest absolute Gasteiger partial charge is 0.462 e. The molecule has 0 amide bonds. The Labute approximate surface area is 283 Å². The van der Waals surface area contributed by atoms with Gasteiger partial charge in [0.1, 0.15) is 19.8 Å². The number of carbonyl (C=O) groups excluding carboxylic acids is 2. The lowest BCUT2D eigenvalue weighted by Gasteiger charge is -2.24. The molecule has 9 nitrogen and oxygen atoms in total. The molecular weight excluding hydrogens is 605 g/mol. The van der Waals surface area contributed by atoms with Crippen molar-refractivity contribution in [2.24, 2.45) is 0 Å². The van der Waals surface area contributed by atoms with E-state index in [0.717, 1.165) is 38.5 Å². The van der Waals surface area contributed by atoms with Crippen molar-refractivity contribution in [3.8, 4) is 0 Å². The number of rotatable bonds is 34. The lowest BCUT2D eigenvalue weighted by Crippen LogP contribution is -2.37. The Balaban J connectivity index is 4.31. The molecule has 0 heterocycles. The third kappa shape index (κ3) is 32.9. The van der Waals surface area contributed by atoms with Gasteiger partial charge >= 0.3 is 19.8 Å². The van der Waals surface area contributed by atoms with Gasteiger partial charge in [-0.2, -0.15) is 0 Å². The predicted octanol–water partition coefficient (Wildman–Crippen LogP) is 9.68. The molecule has 0 aromatic heterocycles. The zero-order chi connectivity index (χ0) is 34.4. The van der Waals surface area contributed by atoms with Crippen LogP contribution in [0.5, 0.6) is 0 Å². The van der Waals surface area contributed by atoms with E-state index >= 15 is 0 Å². The van der Waals surface area contributed by atoms with Crippen molar-refractivity contribution in [3.63, 3.8) is 0 Å². The van der Waals surface area contributed by atoms with Crippen LogP contribution in [0, 0.1) is 0 Å². The van der Waals surface area contributed by atoms with E-state index in [1.807, 2.05) is 21.1 Å². The summed E-state index contributed by atoms with van der Waals surface area (Å²) in [6.45, 7) is 4.37. The van der Waals surface area contributed by atoms with Crippen molar-refractivity contribution in [2.45, 2.75) is 174 Å². The van der Waals surface area contributed by atoms with E-state index in [0.29, 0.717) is 23.9 Å². The van der Waals surface area contributed by atoms with Crippen molar-refractivity contribution in [1.82, 2.24) is 0 Å². The first-order valence-corrected chi connectivity index (χ1v) is 20.3. The lowest BCUT2D eigenvalue weighted by atomic mass is 10.0. The molecule has 0 spiro atoms. The highest BCUT2D eigenvalue weighted by atomic mass is 31.2. The molecule has 0 bridgehead atoms. The molecule has 0 aromatic rings. The standard InChI is InChI=1S/C36H72NO8P/c1-6-8-10-12-14-15-16-17-18-19-20-21-23-24-26-28-35(38)42-32-34(33-44-46(40,41)43-31-30-37(3,4)5)45-36(39)29-27-25-22-13-11-9-7-2/h34H,6-33H2,1-5H3/p+1. The largest absolute Gasteiger partial charge is 0.472 e. The number of quaternary nitrogens is 1. The maximum absolute atomic E-state index is 12.5. The molecule has 0 fully saturated rings. The summed E-state index contributed by atoms with van der Waals surface area (Å²) >= 11 is 0. The van der Waals surface area contributed by atoms with E-state index in [9.17, 15) is 19.0 Å². The van der Waals surface area contributed by atoms with Crippen molar-refractivity contribution in [1.29, 1.82) is 0 Å². The first-order chi connectivity index (χ1) is 22.0. The molecule has 0 aliphatic rings. The number of unbranched alkanes of at least 4 members (excludes halogenated alkanes) is 20. The summed E-state index contributed by atoms with van der Waals surface area (Å²) in [5, 5.41) is 0. The van der Waals surface area contributed by atoms with Crippen LogP contribution in [-0.4, -0.2) is 74.9 Å². The summed E-state index contributed by atoms with van der Waals surface area (Å²) in [6.07, 6.45) is 25.9. The third-order valence-electron chi connectivity index (χ3n) is 8.14. The molecule has 10 heteroatoms. The molecule has 0 aliphatic heterocycles. The highest BCUT2D eigenvalue weighted by molar-refractivity contribution is 7.47. The molecule has 0 saturated carbocycles. The molecular formula is C36H73NO8P+. The molecule has 274 valence electrons. The average Bonchev–Trinajstić information content (AvgIpc) is 2.99. The molecule has 0 radical (unpaired) electrons. The number of hydrogen-bond donors (Lipinski definition) is 1. The van der Waals surface area contributed by atoms with Gasteiger partial charge in [-0.3, -0.25) is 18.6 Å². The maximum atomic E-state index is 12.5. The summed E-state index contributed by atoms with van der Waals surface area (Å²) in [5.74, 6) is -0.798. The zero-order valence-electron chi connectivity index (χ0n) is 30.6. The van der Waals surface area contributed by atoms with Crippen LogP contribution in [-0.2, 0) is 32.7 Å². The van der Waals surface area contributed by atoms with E-state index in [2.05, 4.69) is 13.8 Å². The molecule has 0 rings (SSSR count). The van der Waals surface area contributed by atoms with Gasteiger partial charge in [-0.25, -0.2) is 4.57 Å². The lowest BCUT2D eigenvalue weighted by molar-refractivity contribution is -0.870. The number of phosphoric acid groups is 1. The first-order valence-electron chi connectivity index (χ1n) is 18.8. The quantitative estimate of drug-likeness (QED) is 0.0310. The number of nitrogens with zero attached hydrogens (tertiary/aromatic N) is 1. The highest BCUT2D eigenvalue weighted by Gasteiger charge is 2.27. The van der Waals surface area contributed by atoms with Crippen molar-refractivity contribution >= 4 is 19.8 Å². The Morgan fingerprint density at radius 3 is 1.39 bits per heavy atom. The Hall–Kier alpha value is -0.990. The van der Waals surface area contributed by atoms with Crippen LogP contribution in [0.1, 0.15) is 168 Å². The molecule has 1 N–H and O–H groups in total. The van der Waals surface area contributed by atoms with Gasteiger partial charge in [0.15, 0.2) is 6.10 Å². The second-order valence-corrected chi connectivity index (χ2v) is 15.4. The van der Waals surface area contributed by atoms with Crippen molar-refractivity contribution in [3.05, 3.63) is 0 Å². The minimum atomic E-state index is -4.35. The molecule has 0 aliphatic carbocycles. The molecule has 0 aromatic carbocycles. The Morgan fingerprint density at radius 2 is 0.978 bits per heavy atom. The van der Waals surface area contributed by atoms with E-state index in [1.165, 1.54) is 96.3 Å². The van der Waals surface area contributed by atoms with Crippen LogP contribution in [0.3, 0.4) is 0 Å². The third-order valence-corrected chi connectivity index (χ3v) is 9.12. The molecule has 2 unspecified atom stereocenters. The number of ether oxygens (including phenoxy) is 2. The summed E-state index contributed by atoms with van der Waals surface area (Å²) in [4.78, 5) is 35.0. The normalized spacial score (nSPS) is 13.8. The predicted molar refractivity (Wildman–Crippen MR) is 188 cm³/mol. The van der Waals surface area contributed by atoms with Crippen LogP contribution in [0.15, 0.2) is 0 Å². The van der Waals surface area contributed by atoms with Gasteiger partial charge < -0.3 is 18.9 Å². The average molecular weight is 679 g/mol. The minimum absolute atomic E-state index is 0.0359. The zero-order valence-corrected chi connectivity index (χ0v) is 31.5. The van der Waals surface area contributed by atoms with Gasteiger partial charge in [0, 0.05) is 12.8 Å². The number of carbonyl (C=O) groups is 2. The van der Waals surface area contributed by atoms with Gasteiger partial charge in [-0.15, -0.1) is 0 Å². The first kappa shape index (κ1) is 45.0. The molecule has 0 saturated heterocycles. The van der Waals surface area contributed by atoms with Crippen LogP contribution in [0.4, 0.5) is 0 Å². The number of hydrogen-bond acceptors (Lipinski definition) is 7. The van der Waals surface area contributed by atoms with Gasteiger partial charge in [0.2, 0.25) is 0 Å². The van der Waals surface area contributed by atoms with Gasteiger partial charge in [0.05, 0.1) is 27.7 Å². The van der Waals surface area contributed by atoms with E-state index in [1.54, 1.807) is 0 Å². The van der Waals surface area contributed by atoms with Crippen LogP contribution >= 0.6 is 7.82 Å². The summed E-state index contributed by atoms with van der Waals surface area (Å²) in [7, 11) is 1.49. The summed E-state index contributed by atoms with van der Waals surface area (Å²) in [6, 6.07) is 0. The van der Waals surface area contributed by atoms with Gasteiger partial charge in [0.25, 0.3) is 0 Å². The van der Waals surface area contributed by atoms with Crippen molar-refractivity contribution in [2.75, 3.05) is 47.5 Å². The number of likely N-dealkylation sites (N-methyl/N-ethyl adjacent to an activating group) is 1. The number of esters is 2. The van der Waals surface area contributed by atoms with E-state index < -0.39 is 26.5 Å². The second-order valence-electron chi connectivity index (χ2n) is 14.0. The van der Waals surface area contributed by atoms with Crippen LogP contribution in [0.2, 0.25) is 0 Å².